The molecule has 1 aliphatic rings. The van der Waals surface area contributed by atoms with E-state index in [-0.39, 0.29) is 11.2 Å². The minimum absolute atomic E-state index is 0.0670. The van der Waals surface area contributed by atoms with Gasteiger partial charge < -0.3 is 19.5 Å². The number of thioether (sulfide) groups is 1. The Bertz CT molecular complexity index is 750. The minimum Gasteiger partial charge on any atom is -0.493 e. The molecule has 0 spiro atoms. The van der Waals surface area contributed by atoms with Gasteiger partial charge >= 0.3 is 0 Å². The van der Waals surface area contributed by atoms with E-state index in [0.29, 0.717) is 28.8 Å². The molecule has 1 aromatic heterocycles. The van der Waals surface area contributed by atoms with Gasteiger partial charge in [0.15, 0.2) is 17.3 Å². The van der Waals surface area contributed by atoms with Crippen LogP contribution < -0.4 is 19.5 Å². The second-order valence-corrected chi connectivity index (χ2v) is 6.40. The molecule has 2 heterocycles. The van der Waals surface area contributed by atoms with Gasteiger partial charge in [-0.05, 0) is 24.6 Å². The molecular formula is C16H19N3O4S. The molecule has 24 heavy (non-hydrogen) atoms. The van der Waals surface area contributed by atoms with Crippen molar-refractivity contribution in [1.29, 1.82) is 0 Å². The van der Waals surface area contributed by atoms with Gasteiger partial charge in [0.25, 0.3) is 0 Å². The summed E-state index contributed by atoms with van der Waals surface area (Å²) < 4.78 is 16.3. The number of aromatic nitrogens is 2. The molecule has 0 saturated heterocycles. The molecular weight excluding hydrogens is 330 g/mol. The Labute approximate surface area is 144 Å². The zero-order valence-electron chi connectivity index (χ0n) is 13.9. The van der Waals surface area contributed by atoms with Gasteiger partial charge in [0, 0.05) is 11.3 Å². The molecule has 1 atom stereocenters. The summed E-state index contributed by atoms with van der Waals surface area (Å²) in [4.78, 5) is 11.9. The van der Waals surface area contributed by atoms with Crippen molar-refractivity contribution in [2.45, 2.75) is 12.2 Å². The second kappa shape index (κ2) is 6.64. The number of H-pyrrole nitrogens is 1. The summed E-state index contributed by atoms with van der Waals surface area (Å²) in [7, 11) is 4.74. The van der Waals surface area contributed by atoms with Crippen LogP contribution in [-0.2, 0) is 4.79 Å². The topological polar surface area (TPSA) is 85.5 Å². The number of anilines is 1. The molecule has 7 nitrogen and oxygen atoms in total. The van der Waals surface area contributed by atoms with E-state index in [4.69, 9.17) is 14.2 Å². The van der Waals surface area contributed by atoms with Crippen LogP contribution in [0.4, 0.5) is 5.82 Å². The van der Waals surface area contributed by atoms with Crippen LogP contribution in [0, 0.1) is 6.92 Å². The van der Waals surface area contributed by atoms with E-state index < -0.39 is 0 Å². The van der Waals surface area contributed by atoms with E-state index >= 15 is 0 Å². The quantitative estimate of drug-likeness (QED) is 0.882. The van der Waals surface area contributed by atoms with Gasteiger partial charge in [-0.1, -0.05) is 0 Å². The summed E-state index contributed by atoms with van der Waals surface area (Å²) in [5.74, 6) is 2.55. The van der Waals surface area contributed by atoms with Crippen LogP contribution in [0.25, 0.3) is 0 Å². The van der Waals surface area contributed by atoms with Crippen LogP contribution in [0.3, 0.4) is 0 Å². The molecule has 1 aromatic carbocycles. The van der Waals surface area contributed by atoms with Gasteiger partial charge in [-0.25, -0.2) is 0 Å². The highest BCUT2D eigenvalue weighted by Crippen LogP contribution is 2.47. The number of fused-ring (bicyclic) bond motifs is 1. The number of benzene rings is 1. The first kappa shape index (κ1) is 16.5. The first-order valence-electron chi connectivity index (χ1n) is 7.35. The first-order valence-corrected chi connectivity index (χ1v) is 8.40. The number of aryl methyl sites for hydroxylation is 1. The summed E-state index contributed by atoms with van der Waals surface area (Å²) in [6, 6.07) is 3.82. The molecule has 0 fully saturated rings. The molecule has 128 valence electrons. The maximum atomic E-state index is 11.9. The third-order valence-electron chi connectivity index (χ3n) is 3.89. The highest BCUT2D eigenvalue weighted by molar-refractivity contribution is 8.00. The highest BCUT2D eigenvalue weighted by Gasteiger charge is 2.29. The van der Waals surface area contributed by atoms with Crippen LogP contribution in [0.5, 0.6) is 17.2 Å². The van der Waals surface area contributed by atoms with Crippen LogP contribution in [0.1, 0.15) is 22.1 Å². The fourth-order valence-electron chi connectivity index (χ4n) is 2.78. The lowest BCUT2D eigenvalue weighted by molar-refractivity contribution is -0.113. The number of carbonyl (C=O) groups is 1. The van der Waals surface area contributed by atoms with E-state index in [2.05, 4.69) is 15.5 Å². The number of hydrogen-bond donors (Lipinski definition) is 2. The summed E-state index contributed by atoms with van der Waals surface area (Å²) >= 11 is 1.53. The van der Waals surface area contributed by atoms with Crippen molar-refractivity contribution >= 4 is 23.5 Å². The van der Waals surface area contributed by atoms with Crippen molar-refractivity contribution in [1.82, 2.24) is 10.2 Å². The standard InChI is InChI=1S/C16H19N3O4S/c1-8-13-15(24-7-12(20)17-16(13)19-18-8)9-5-10(21-2)14(23-4)11(6-9)22-3/h5-6,15H,7H2,1-4H3,(H2,17,18,19,20)/t15-/m0/s1. The largest absolute Gasteiger partial charge is 0.493 e. The van der Waals surface area contributed by atoms with Crippen LogP contribution in [0.2, 0.25) is 0 Å². The fraction of sp³-hybridized carbons (Fsp3) is 0.375. The Morgan fingerprint density at radius 2 is 1.83 bits per heavy atom. The number of amides is 1. The normalized spacial score (nSPS) is 16.8. The van der Waals surface area contributed by atoms with Crippen molar-refractivity contribution < 1.29 is 19.0 Å². The van der Waals surface area contributed by atoms with Gasteiger partial charge in [-0.2, -0.15) is 5.10 Å². The predicted molar refractivity (Wildman–Crippen MR) is 92.4 cm³/mol. The molecule has 8 heteroatoms. The third kappa shape index (κ3) is 2.77. The fourth-order valence-corrected chi connectivity index (χ4v) is 3.95. The summed E-state index contributed by atoms with van der Waals surface area (Å²) in [6.07, 6.45) is 0. The zero-order chi connectivity index (χ0) is 17.3. The average molecular weight is 349 g/mol. The van der Waals surface area contributed by atoms with Crippen LogP contribution in [0.15, 0.2) is 12.1 Å². The molecule has 3 rings (SSSR count). The van der Waals surface area contributed by atoms with E-state index in [0.717, 1.165) is 16.8 Å². The van der Waals surface area contributed by atoms with E-state index in [9.17, 15) is 4.79 Å². The number of ether oxygens (including phenoxy) is 3. The van der Waals surface area contributed by atoms with E-state index in [1.165, 1.54) is 11.8 Å². The average Bonchev–Trinajstić information content (AvgIpc) is 2.85. The van der Waals surface area contributed by atoms with Crippen molar-refractivity contribution in [2.75, 3.05) is 32.4 Å². The summed E-state index contributed by atoms with van der Waals surface area (Å²) in [5.41, 5.74) is 2.83. The maximum absolute atomic E-state index is 11.9. The minimum atomic E-state index is -0.0774. The number of nitrogens with one attached hydrogen (secondary N) is 2. The highest BCUT2D eigenvalue weighted by atomic mass is 32.2. The number of rotatable bonds is 4. The lowest BCUT2D eigenvalue weighted by atomic mass is 10.0. The smallest absolute Gasteiger partial charge is 0.235 e. The summed E-state index contributed by atoms with van der Waals surface area (Å²) in [5, 5.41) is 9.90. The Hall–Kier alpha value is -2.35. The number of carbonyl (C=O) groups excluding carboxylic acids is 1. The Kier molecular flexibility index (Phi) is 4.57. The van der Waals surface area contributed by atoms with E-state index in [1.807, 2.05) is 19.1 Å². The first-order chi connectivity index (χ1) is 11.6. The lowest BCUT2D eigenvalue weighted by Crippen LogP contribution is -2.12. The number of nitrogens with zero attached hydrogens (tertiary/aromatic N) is 1. The number of hydrogen-bond acceptors (Lipinski definition) is 6. The molecule has 1 amide bonds. The van der Waals surface area contributed by atoms with Crippen molar-refractivity contribution in [2.24, 2.45) is 0 Å². The molecule has 0 saturated carbocycles. The van der Waals surface area contributed by atoms with Gasteiger partial charge in [0.1, 0.15) is 0 Å². The third-order valence-corrected chi connectivity index (χ3v) is 5.16. The molecule has 2 N–H and O–H groups in total. The van der Waals surface area contributed by atoms with Crippen molar-refractivity contribution in [3.8, 4) is 17.2 Å². The van der Waals surface area contributed by atoms with Gasteiger partial charge in [-0.3, -0.25) is 9.89 Å². The second-order valence-electron chi connectivity index (χ2n) is 5.31. The van der Waals surface area contributed by atoms with Gasteiger partial charge in [0.05, 0.1) is 32.3 Å². The number of aromatic amines is 1. The van der Waals surface area contributed by atoms with Crippen LogP contribution in [-0.4, -0.2) is 43.2 Å². The molecule has 0 bridgehead atoms. The van der Waals surface area contributed by atoms with Gasteiger partial charge in [0.2, 0.25) is 11.7 Å². The Morgan fingerprint density at radius 1 is 1.17 bits per heavy atom. The Balaban J connectivity index is 2.14. The van der Waals surface area contributed by atoms with E-state index in [1.54, 1.807) is 21.3 Å². The predicted octanol–water partition coefficient (Wildman–Crippen LogP) is 2.52. The molecule has 0 aliphatic carbocycles. The Morgan fingerprint density at radius 3 is 2.42 bits per heavy atom. The van der Waals surface area contributed by atoms with Crippen molar-refractivity contribution in [3.05, 3.63) is 29.0 Å². The maximum Gasteiger partial charge on any atom is 0.235 e. The summed E-state index contributed by atoms with van der Waals surface area (Å²) in [6.45, 7) is 1.94. The zero-order valence-corrected chi connectivity index (χ0v) is 14.7. The molecule has 0 unspecified atom stereocenters. The SMILES string of the molecule is COc1cc([C@@H]2SCC(=O)Nc3n[nH]c(C)c32)cc(OC)c1OC. The molecule has 2 aromatic rings. The monoisotopic (exact) mass is 349 g/mol. The molecule has 1 aliphatic heterocycles. The van der Waals surface area contributed by atoms with Gasteiger partial charge in [-0.15, -0.1) is 11.8 Å². The number of methoxy groups -OCH3 is 3. The van der Waals surface area contributed by atoms with Crippen molar-refractivity contribution in [3.63, 3.8) is 0 Å². The molecule has 0 radical (unpaired) electrons. The lowest BCUT2D eigenvalue weighted by Gasteiger charge is -2.19. The van der Waals surface area contributed by atoms with Crippen LogP contribution >= 0.6 is 11.8 Å².